The van der Waals surface area contributed by atoms with Gasteiger partial charge in [0.2, 0.25) is 0 Å². The number of benzene rings is 1. The maximum Gasteiger partial charge on any atom is 0.115 e. The molecule has 0 heterocycles. The molecule has 0 fully saturated rings. The summed E-state index contributed by atoms with van der Waals surface area (Å²) in [6.07, 6.45) is 3.15. The zero-order valence-corrected chi connectivity index (χ0v) is 11.0. The minimum Gasteiger partial charge on any atom is -0.508 e. The van der Waals surface area contributed by atoms with Gasteiger partial charge >= 0.3 is 0 Å². The third kappa shape index (κ3) is 6.23. The van der Waals surface area contributed by atoms with Crippen LogP contribution in [-0.4, -0.2) is 11.3 Å². The van der Waals surface area contributed by atoms with E-state index in [0.29, 0.717) is 11.7 Å². The topological polar surface area (TPSA) is 32.6 Å². The Balaban J connectivity index is 0.000000673. The molecule has 0 aliphatic rings. The Morgan fingerprint density at radius 3 is 2.31 bits per heavy atom. The molecule has 1 aromatic carbocycles. The van der Waals surface area contributed by atoms with Crippen LogP contribution in [0.25, 0.3) is 0 Å². The molecule has 16 heavy (non-hydrogen) atoms. The van der Waals surface area contributed by atoms with Crippen molar-refractivity contribution in [2.45, 2.75) is 41.0 Å². The first-order chi connectivity index (χ1) is 7.51. The Morgan fingerprint density at radius 2 is 1.88 bits per heavy atom. The Morgan fingerprint density at radius 1 is 1.31 bits per heavy atom. The van der Waals surface area contributed by atoms with Crippen LogP contribution in [0.5, 0.6) is 5.75 Å². The number of aryl methyl sites for hydroxylation is 1. The van der Waals surface area contributed by atoms with Gasteiger partial charge in [-0.05, 0) is 36.6 Å². The van der Waals surface area contributed by atoms with E-state index in [1.54, 1.807) is 12.1 Å². The fourth-order valence-corrected chi connectivity index (χ4v) is 1.01. The van der Waals surface area contributed by atoms with Gasteiger partial charge in [0.25, 0.3) is 0 Å². The largest absolute Gasteiger partial charge is 0.508 e. The van der Waals surface area contributed by atoms with E-state index >= 15 is 0 Å². The second-order valence-corrected chi connectivity index (χ2v) is 4.20. The smallest absolute Gasteiger partial charge is 0.115 e. The van der Waals surface area contributed by atoms with Crippen LogP contribution in [0.2, 0.25) is 0 Å². The van der Waals surface area contributed by atoms with E-state index in [-0.39, 0.29) is 0 Å². The summed E-state index contributed by atoms with van der Waals surface area (Å²) >= 11 is 0. The number of nitrogens with zero attached hydrogens (tertiary/aromatic N) is 1. The van der Waals surface area contributed by atoms with E-state index in [4.69, 9.17) is 5.11 Å². The normalized spacial score (nSPS) is 10.4. The van der Waals surface area contributed by atoms with Crippen LogP contribution in [0.3, 0.4) is 0 Å². The first-order valence-electron chi connectivity index (χ1n) is 5.85. The number of aromatic hydroxyl groups is 1. The number of phenols is 1. The van der Waals surface area contributed by atoms with Crippen LogP contribution in [0.1, 0.15) is 39.7 Å². The number of rotatable bonds is 2. The van der Waals surface area contributed by atoms with Crippen molar-refractivity contribution in [2.75, 3.05) is 0 Å². The van der Waals surface area contributed by atoms with Crippen LogP contribution in [0, 0.1) is 12.8 Å². The van der Waals surface area contributed by atoms with Gasteiger partial charge in [0.1, 0.15) is 5.75 Å². The molecule has 0 radical (unpaired) electrons. The number of aliphatic imine (C=N–C) groups is 1. The van der Waals surface area contributed by atoms with Gasteiger partial charge in [-0.1, -0.05) is 34.1 Å². The van der Waals surface area contributed by atoms with Crippen molar-refractivity contribution >= 4 is 11.9 Å². The van der Waals surface area contributed by atoms with E-state index in [0.717, 1.165) is 11.3 Å². The van der Waals surface area contributed by atoms with Gasteiger partial charge in [0, 0.05) is 6.21 Å². The maximum absolute atomic E-state index is 9.16. The summed E-state index contributed by atoms with van der Waals surface area (Å²) in [4.78, 5) is 4.31. The molecule has 0 unspecified atom stereocenters. The summed E-state index contributed by atoms with van der Waals surface area (Å²) in [5.41, 5.74) is 1.92. The van der Waals surface area contributed by atoms with Crippen molar-refractivity contribution in [3.63, 3.8) is 0 Å². The molecule has 1 aromatic rings. The summed E-state index contributed by atoms with van der Waals surface area (Å²) in [7, 11) is 0. The van der Waals surface area contributed by atoms with Gasteiger partial charge < -0.3 is 5.11 Å². The van der Waals surface area contributed by atoms with E-state index in [1.165, 1.54) is 6.42 Å². The maximum atomic E-state index is 9.16. The van der Waals surface area contributed by atoms with Gasteiger partial charge in [0.15, 0.2) is 0 Å². The van der Waals surface area contributed by atoms with Crippen molar-refractivity contribution in [3.05, 3.63) is 23.8 Å². The number of hydrogen-bond acceptors (Lipinski definition) is 2. The summed E-state index contributed by atoms with van der Waals surface area (Å²) in [5.74, 6) is 0.745. The molecule has 1 N–H and O–H groups in total. The molecule has 0 amide bonds. The van der Waals surface area contributed by atoms with Crippen molar-refractivity contribution in [1.29, 1.82) is 0 Å². The fraction of sp³-hybridized carbons (Fsp3) is 0.500. The molecule has 90 valence electrons. The zero-order valence-electron chi connectivity index (χ0n) is 11.0. The highest BCUT2D eigenvalue weighted by molar-refractivity contribution is 5.66. The van der Waals surface area contributed by atoms with Crippen LogP contribution < -0.4 is 0 Å². The lowest BCUT2D eigenvalue weighted by Gasteiger charge is -2.00. The Labute approximate surface area is 99.0 Å². The average Bonchev–Trinajstić information content (AvgIpc) is 2.17. The summed E-state index contributed by atoms with van der Waals surface area (Å²) in [6, 6.07) is 5.19. The van der Waals surface area contributed by atoms with Gasteiger partial charge in [0.05, 0.1) is 5.69 Å². The first-order valence-corrected chi connectivity index (χ1v) is 5.85. The minimum absolute atomic E-state index is 0.293. The van der Waals surface area contributed by atoms with Gasteiger partial charge in [-0.25, -0.2) is 0 Å². The molecule has 1 rings (SSSR count). The van der Waals surface area contributed by atoms with Crippen LogP contribution in [0.15, 0.2) is 23.2 Å². The molecule has 0 saturated heterocycles. The first kappa shape index (κ1) is 14.7. The predicted molar refractivity (Wildman–Crippen MR) is 71.8 cm³/mol. The highest BCUT2D eigenvalue weighted by Crippen LogP contribution is 2.22. The zero-order chi connectivity index (χ0) is 12.6. The van der Waals surface area contributed by atoms with Gasteiger partial charge in [-0.15, -0.1) is 0 Å². The summed E-state index contributed by atoms with van der Waals surface area (Å²) in [5, 5.41) is 9.16. The second-order valence-electron chi connectivity index (χ2n) is 4.20. The highest BCUT2D eigenvalue weighted by Gasteiger charge is 1.96. The molecular weight excluding hydrogens is 198 g/mol. The third-order valence-electron chi connectivity index (χ3n) is 1.69. The molecule has 0 aliphatic carbocycles. The molecule has 0 aromatic heterocycles. The van der Waals surface area contributed by atoms with E-state index < -0.39 is 0 Å². The average molecular weight is 221 g/mol. The van der Waals surface area contributed by atoms with E-state index in [1.807, 2.05) is 19.2 Å². The van der Waals surface area contributed by atoms with Crippen molar-refractivity contribution in [1.82, 2.24) is 0 Å². The quantitative estimate of drug-likeness (QED) is 0.734. The molecule has 0 saturated carbocycles. The Kier molecular flexibility index (Phi) is 7.27. The van der Waals surface area contributed by atoms with Gasteiger partial charge in [-0.3, -0.25) is 4.99 Å². The van der Waals surface area contributed by atoms with Crippen molar-refractivity contribution < 1.29 is 5.11 Å². The van der Waals surface area contributed by atoms with Crippen molar-refractivity contribution in [2.24, 2.45) is 10.9 Å². The van der Waals surface area contributed by atoms with E-state index in [2.05, 4.69) is 32.7 Å². The molecule has 2 heteroatoms. The van der Waals surface area contributed by atoms with Crippen molar-refractivity contribution in [3.8, 4) is 5.75 Å². The summed E-state index contributed by atoms with van der Waals surface area (Å²) in [6.45, 7) is 10.4. The predicted octanol–water partition coefficient (Wildman–Crippen LogP) is 4.48. The summed E-state index contributed by atoms with van der Waals surface area (Å²) < 4.78 is 0. The standard InChI is InChI=1S/C11H15NO.C3H8/c1-8(2)7-12-11-5-4-10(13)6-9(11)3;1-3-2/h4-8,13H,1-3H3;3H2,1-2H3. The monoisotopic (exact) mass is 221 g/mol. The molecule has 0 atom stereocenters. The SMILES string of the molecule is CCC.Cc1cc(O)ccc1N=CC(C)C. The van der Waals surface area contributed by atoms with Crippen LogP contribution in [-0.2, 0) is 0 Å². The fourth-order valence-electron chi connectivity index (χ4n) is 1.01. The highest BCUT2D eigenvalue weighted by atomic mass is 16.3. The number of hydrogen-bond donors (Lipinski definition) is 1. The Hall–Kier alpha value is -1.31. The molecule has 2 nitrogen and oxygen atoms in total. The van der Waals surface area contributed by atoms with Gasteiger partial charge in [-0.2, -0.15) is 0 Å². The second kappa shape index (κ2) is 7.91. The lowest BCUT2D eigenvalue weighted by atomic mass is 10.2. The minimum atomic E-state index is 0.293. The molecule has 0 aliphatic heterocycles. The van der Waals surface area contributed by atoms with E-state index in [9.17, 15) is 0 Å². The third-order valence-corrected chi connectivity index (χ3v) is 1.69. The molecular formula is C14H23NO. The lowest BCUT2D eigenvalue weighted by Crippen LogP contribution is -1.86. The lowest BCUT2D eigenvalue weighted by molar-refractivity contribution is 0.475. The Bertz CT molecular complexity index is 330. The molecule has 0 spiro atoms. The van der Waals surface area contributed by atoms with Crippen LogP contribution >= 0.6 is 0 Å². The molecule has 0 bridgehead atoms. The van der Waals surface area contributed by atoms with Crippen LogP contribution in [0.4, 0.5) is 5.69 Å². The number of phenolic OH excluding ortho intramolecular Hbond substituents is 1.